The van der Waals surface area contributed by atoms with Crippen molar-refractivity contribution in [3.63, 3.8) is 0 Å². The summed E-state index contributed by atoms with van der Waals surface area (Å²) in [5.74, 6) is -0.883. The van der Waals surface area contributed by atoms with Crippen LogP contribution in [-0.4, -0.2) is 48.5 Å². The molecule has 20 nitrogen and oxygen atoms in total. The van der Waals surface area contributed by atoms with Gasteiger partial charge >= 0.3 is 75.9 Å². The molecule has 0 fully saturated rings. The minimum Gasteiger partial charge on any atom is -0.744 e. The second kappa shape index (κ2) is 20.4. The largest absolute Gasteiger partial charge is 2.00 e. The fourth-order valence-corrected chi connectivity index (χ4v) is 6.14. The number of azo groups is 2. The Morgan fingerprint density at radius 3 is 1.36 bits per heavy atom. The van der Waals surface area contributed by atoms with E-state index in [0.717, 1.165) is 24.3 Å². The van der Waals surface area contributed by atoms with E-state index in [2.05, 4.69) is 25.2 Å². The zero-order chi connectivity index (χ0) is 40.2. The average molecular weight is 892 g/mol. The van der Waals surface area contributed by atoms with Gasteiger partial charge in [0.05, 0.1) is 43.1 Å². The number of phenols is 2. The number of nitrogens with one attached hydrogen (secondary N) is 3. The van der Waals surface area contributed by atoms with Crippen molar-refractivity contribution in [1.29, 1.82) is 0 Å². The van der Waals surface area contributed by atoms with E-state index in [4.69, 9.17) is 11.5 Å². The van der Waals surface area contributed by atoms with Crippen LogP contribution >= 0.6 is 0 Å². The zero-order valence-corrected chi connectivity index (χ0v) is 36.8. The molecule has 0 aromatic heterocycles. The molecule has 6 aromatic carbocycles. The van der Waals surface area contributed by atoms with Gasteiger partial charge in [0.25, 0.3) is 11.4 Å². The Morgan fingerprint density at radius 1 is 0.603 bits per heavy atom. The van der Waals surface area contributed by atoms with E-state index in [1.807, 2.05) is 0 Å². The maximum absolute atomic E-state index is 12.0. The summed E-state index contributed by atoms with van der Waals surface area (Å²) in [6.07, 6.45) is 0. The zero-order valence-electron chi connectivity index (χ0n) is 30.1. The number of rotatable bonds is 9. The van der Waals surface area contributed by atoms with E-state index >= 15 is 0 Å². The van der Waals surface area contributed by atoms with Crippen molar-refractivity contribution < 1.29 is 117 Å². The van der Waals surface area contributed by atoms with Gasteiger partial charge < -0.3 is 26.2 Å². The molecule has 0 aliphatic rings. The third-order valence-corrected chi connectivity index (χ3v) is 9.89. The van der Waals surface area contributed by atoms with Gasteiger partial charge in [0, 0.05) is 22.9 Å². The summed E-state index contributed by atoms with van der Waals surface area (Å²) in [7, 11) is -6.94. The molecule has 5 N–H and O–H groups in total. The van der Waals surface area contributed by atoms with Gasteiger partial charge in [0.1, 0.15) is 33.0 Å². The molecule has 289 valence electrons. The number of nitro groups is 2. The molecule has 6 aromatic rings. The molecular formula is C33H24CoN9Na2O11S2+. The van der Waals surface area contributed by atoms with Crippen molar-refractivity contribution in [3.8, 4) is 11.5 Å². The summed E-state index contributed by atoms with van der Waals surface area (Å²) in [6.45, 7) is 0. The van der Waals surface area contributed by atoms with Crippen LogP contribution in [0.2, 0.25) is 0 Å². The van der Waals surface area contributed by atoms with Crippen molar-refractivity contribution in [2.45, 2.75) is 9.79 Å². The standard InChI is InChI=1S/C17H14N5O5S.C16H11N4O6S.Co.2Na/c1-19-28(26,27)12-4-5-13-10(8-12)2-6-14(18)17(13)21-20-15-7-3-11(22(24)25)9-16(15)23;17-13-5-1-9-7-11(27(24,25)26)3-4-12(9)16(13)19-18-14-6-2-10(20(22)23)8-15(14)21;;;/h2-9,19H,1H3,(H2-,18,20,21,23);1-8H,(H3-,17,18,19,21,24,25,26);;;/q2*-1;+2;2*+1/p-1. The third kappa shape index (κ3) is 11.5. The molecule has 58 heavy (non-hydrogen) atoms. The Hall–Kier alpha value is -4.63. The van der Waals surface area contributed by atoms with Crippen LogP contribution in [0.5, 0.6) is 11.5 Å². The minimum atomic E-state index is -4.63. The molecular weight excluding hydrogens is 867 g/mol. The van der Waals surface area contributed by atoms with Crippen LogP contribution in [0.4, 0.5) is 45.5 Å². The molecule has 0 saturated heterocycles. The van der Waals surface area contributed by atoms with Gasteiger partial charge in [0.15, 0.2) is 0 Å². The van der Waals surface area contributed by atoms with Crippen molar-refractivity contribution in [1.82, 2.24) is 4.72 Å². The summed E-state index contributed by atoms with van der Waals surface area (Å²) >= 11 is 0. The van der Waals surface area contributed by atoms with Crippen LogP contribution in [0.1, 0.15) is 0 Å². The minimum absolute atomic E-state index is 0. The maximum atomic E-state index is 12.0. The Labute approximate surface area is 383 Å². The molecule has 6 rings (SSSR count). The fraction of sp³-hybridized carbons (Fsp3) is 0.0303. The number of hydrogen-bond acceptors (Lipinski definition) is 15. The van der Waals surface area contributed by atoms with E-state index < -0.39 is 46.4 Å². The number of non-ortho nitro benzene ring substituents is 2. The number of hydrogen-bond donors (Lipinski definition) is 3. The third-order valence-electron chi connectivity index (χ3n) is 7.65. The first-order valence-corrected chi connectivity index (χ1v) is 18.0. The molecule has 25 heteroatoms. The molecule has 0 aliphatic heterocycles. The monoisotopic (exact) mass is 891 g/mol. The second-order valence-corrected chi connectivity index (χ2v) is 14.4. The van der Waals surface area contributed by atoms with Gasteiger partial charge in [-0.25, -0.2) is 21.6 Å². The van der Waals surface area contributed by atoms with Gasteiger partial charge in [0.2, 0.25) is 10.0 Å². The molecule has 0 atom stereocenters. The van der Waals surface area contributed by atoms with Gasteiger partial charge in [-0.05, 0) is 54.2 Å². The van der Waals surface area contributed by atoms with E-state index in [1.165, 1.54) is 73.8 Å². The van der Waals surface area contributed by atoms with Gasteiger partial charge in [-0.15, -0.1) is 21.6 Å². The second-order valence-electron chi connectivity index (χ2n) is 11.1. The molecule has 0 unspecified atom stereocenters. The van der Waals surface area contributed by atoms with Crippen molar-refractivity contribution in [2.75, 3.05) is 7.05 Å². The van der Waals surface area contributed by atoms with Crippen LogP contribution in [-0.2, 0) is 36.9 Å². The normalized spacial score (nSPS) is 11.3. The van der Waals surface area contributed by atoms with E-state index in [1.54, 1.807) is 6.07 Å². The summed E-state index contributed by atoms with van der Waals surface area (Å²) in [5.41, 5.74) is 15.6. The summed E-state index contributed by atoms with van der Waals surface area (Å²) in [5, 5.41) is 58.5. The van der Waals surface area contributed by atoms with Crippen molar-refractivity contribution >= 4 is 87.2 Å². The number of sulfonamides is 1. The number of phenolic OH excluding ortho intramolecular Hbond substituents is 2. The summed E-state index contributed by atoms with van der Waals surface area (Å²) < 4.78 is 59.6. The van der Waals surface area contributed by atoms with Gasteiger partial charge in [-0.2, -0.15) is 10.2 Å². The van der Waals surface area contributed by atoms with Gasteiger partial charge in [-0.3, -0.25) is 20.2 Å². The average Bonchev–Trinajstić information content (AvgIpc) is 3.14. The SMILES string of the molecule is CNS(=O)(=O)c1ccc2c(N=Nc3ccc([N+](=O)[O-])cc3O)c([NH-])ccc2c1.[Co+2].[NH-]c1ccc2cc(S(=O)(=O)[O-])ccc2c1N=Nc1ccc([N+](=O)[O-])cc1O.[Na+].[Na+]. The Balaban J connectivity index is 0.000000381. The van der Waals surface area contributed by atoms with E-state index in [9.17, 15) is 51.8 Å². The predicted molar refractivity (Wildman–Crippen MR) is 198 cm³/mol. The van der Waals surface area contributed by atoms with Crippen LogP contribution in [0.15, 0.2) is 127 Å². The molecule has 0 heterocycles. The Morgan fingerprint density at radius 2 is 1.00 bits per heavy atom. The summed E-state index contributed by atoms with van der Waals surface area (Å²) in [6, 6.07) is 20.4. The van der Waals surface area contributed by atoms with Crippen molar-refractivity contribution in [3.05, 3.63) is 129 Å². The number of aromatic hydroxyl groups is 2. The number of nitrogens with zero attached hydrogens (tertiary/aromatic N) is 6. The molecule has 1 radical (unpaired) electrons. The first-order chi connectivity index (χ1) is 25.9. The maximum Gasteiger partial charge on any atom is 2.00 e. The smallest absolute Gasteiger partial charge is 0.744 e. The Kier molecular flexibility index (Phi) is 17.4. The number of benzene rings is 6. The van der Waals surface area contributed by atoms with Crippen LogP contribution in [0.3, 0.4) is 0 Å². The fourth-order valence-electron chi connectivity index (χ4n) is 4.87. The van der Waals surface area contributed by atoms with E-state index in [0.29, 0.717) is 21.5 Å². The molecule has 0 amide bonds. The molecule has 0 spiro atoms. The van der Waals surface area contributed by atoms with Gasteiger partial charge in [-0.1, -0.05) is 36.4 Å². The molecule has 0 bridgehead atoms. The quantitative estimate of drug-likeness (QED) is 0.0623. The molecule has 0 aliphatic carbocycles. The summed E-state index contributed by atoms with van der Waals surface area (Å²) in [4.78, 5) is 19.7. The number of fused-ring (bicyclic) bond motifs is 2. The van der Waals surface area contributed by atoms with Crippen LogP contribution in [0, 0.1) is 20.2 Å². The Bertz CT molecular complexity index is 2830. The van der Waals surface area contributed by atoms with Crippen LogP contribution in [0.25, 0.3) is 33.0 Å². The first-order valence-electron chi connectivity index (χ1n) is 15.1. The predicted octanol–water partition coefficient (Wildman–Crippen LogP) is 2.92. The molecule has 0 saturated carbocycles. The number of nitro benzene ring substituents is 2. The topological polar surface area (TPSA) is 327 Å². The first kappa shape index (κ1) is 49.5. The van der Waals surface area contributed by atoms with Crippen LogP contribution < -0.4 is 63.8 Å². The van der Waals surface area contributed by atoms with E-state index in [-0.39, 0.29) is 126 Å². The van der Waals surface area contributed by atoms with Crippen molar-refractivity contribution in [2.24, 2.45) is 20.5 Å².